The number of carbonyl (C=O) groups is 1. The predicted octanol–water partition coefficient (Wildman–Crippen LogP) is 5.47. The molecule has 0 bridgehead atoms. The van der Waals surface area contributed by atoms with Crippen molar-refractivity contribution in [2.75, 3.05) is 33.0 Å². The van der Waals surface area contributed by atoms with Gasteiger partial charge in [-0.25, -0.2) is 0 Å². The first-order valence-electron chi connectivity index (χ1n) is 24.6. The van der Waals surface area contributed by atoms with Gasteiger partial charge in [0.15, 0.2) is 21.6 Å². The number of hydrogen-bond donors (Lipinski definition) is 1. The summed E-state index contributed by atoms with van der Waals surface area (Å²) in [4.78, 5) is 28.5. The van der Waals surface area contributed by atoms with Crippen molar-refractivity contribution in [3.05, 3.63) is 174 Å². The molecule has 25 heteroatoms. The number of alkyl halides is 2. The van der Waals surface area contributed by atoms with Gasteiger partial charge in [-0.05, 0) is 113 Å². The predicted molar refractivity (Wildman–Crippen MR) is 301 cm³/mol. The van der Waals surface area contributed by atoms with Gasteiger partial charge in [0, 0.05) is 64.4 Å². The molecule has 0 radical (unpaired) electrons. The van der Waals surface area contributed by atoms with E-state index in [0.29, 0.717) is 39.8 Å². The number of nitrogens with zero attached hydrogens (tertiary/aromatic N) is 11. The number of methoxy groups -OCH3 is 2. The first kappa shape index (κ1) is 67.5. The molecule has 10 aromatic rings. The molecule has 19 nitrogen and oxygen atoms in total. The number of hydrogen-bond acceptors (Lipinski definition) is 18. The van der Waals surface area contributed by atoms with Crippen LogP contribution in [0.5, 0.6) is 11.5 Å². The Labute approximate surface area is 603 Å². The van der Waals surface area contributed by atoms with Crippen LogP contribution in [0.3, 0.4) is 0 Å². The number of halogens is 2. The zero-order valence-electron chi connectivity index (χ0n) is 48.4. The quantitative estimate of drug-likeness (QED) is 0.0335. The van der Waals surface area contributed by atoms with E-state index in [2.05, 4.69) is 71.3 Å². The Kier molecular flexibility index (Phi) is 28.7. The van der Waals surface area contributed by atoms with E-state index in [0.717, 1.165) is 61.9 Å². The molecular formula is C56H58ClCs2FN12O7S2. The summed E-state index contributed by atoms with van der Waals surface area (Å²) >= 11 is 12.8. The Hall–Kier alpha value is -4.34. The van der Waals surface area contributed by atoms with Gasteiger partial charge < -0.3 is 30.1 Å². The molecule has 6 heterocycles. The number of aryl methyl sites for hydroxylation is 2. The maximum absolute atomic E-state index is 9.96. The number of thioether (sulfide) groups is 1. The van der Waals surface area contributed by atoms with Crippen LogP contribution in [0.25, 0.3) is 56.9 Å². The number of aromatic nitrogens is 12. The van der Waals surface area contributed by atoms with Crippen molar-refractivity contribution in [1.82, 2.24) is 59.8 Å². The first-order chi connectivity index (χ1) is 38.6. The van der Waals surface area contributed by atoms with Crippen LogP contribution >= 0.6 is 35.6 Å². The molecule has 0 aliphatic carbocycles. The second-order valence-corrected chi connectivity index (χ2v) is 19.8. The fourth-order valence-corrected chi connectivity index (χ4v) is 8.36. The van der Waals surface area contributed by atoms with Gasteiger partial charge in [-0.2, -0.15) is 15.1 Å². The topological polar surface area (TPSA) is 236 Å². The van der Waals surface area contributed by atoms with E-state index in [4.69, 9.17) is 58.7 Å². The van der Waals surface area contributed by atoms with E-state index < -0.39 is 12.6 Å². The number of aromatic amines is 1. The number of nitrogens with one attached hydrogen (secondary N) is 1. The third-order valence-electron chi connectivity index (χ3n) is 11.4. The van der Waals surface area contributed by atoms with E-state index in [9.17, 15) is 4.39 Å². The molecule has 0 saturated heterocycles. The third kappa shape index (κ3) is 19.4. The van der Waals surface area contributed by atoms with Crippen molar-refractivity contribution in [1.29, 1.82) is 0 Å². The van der Waals surface area contributed by atoms with Gasteiger partial charge in [-0.3, -0.25) is 33.4 Å². The third-order valence-corrected chi connectivity index (χ3v) is 13.7. The zero-order chi connectivity index (χ0) is 57.7. The minimum atomic E-state index is -1.00. The summed E-state index contributed by atoms with van der Waals surface area (Å²) in [7, 11) is 2.29. The Morgan fingerprint density at radius 2 is 1.11 bits per heavy atom. The van der Waals surface area contributed by atoms with Crippen molar-refractivity contribution in [2.24, 2.45) is 0 Å². The average molecular weight is 1400 g/mol. The number of carbonyl (C=O) groups excluding carboxylic acids is 1. The van der Waals surface area contributed by atoms with Gasteiger partial charge in [-0.15, -0.1) is 21.8 Å². The summed E-state index contributed by atoms with van der Waals surface area (Å²) in [5.41, 5.74) is 7.33. The van der Waals surface area contributed by atoms with Crippen LogP contribution < -0.4 is 153 Å². The van der Waals surface area contributed by atoms with Crippen LogP contribution in [0, 0.1) is 18.6 Å². The normalized spacial score (nSPS) is 10.7. The van der Waals surface area contributed by atoms with E-state index >= 15 is 0 Å². The van der Waals surface area contributed by atoms with Crippen molar-refractivity contribution >= 4 is 42.1 Å². The molecule has 4 aromatic carbocycles. The molecule has 0 spiro atoms. The van der Waals surface area contributed by atoms with Crippen LogP contribution in [0.4, 0.5) is 4.39 Å². The maximum Gasteiger partial charge on any atom is 1.00 e. The molecule has 0 amide bonds. The van der Waals surface area contributed by atoms with Crippen LogP contribution in [-0.4, -0.2) is 99.3 Å². The zero-order valence-corrected chi connectivity index (χ0v) is 61.4. The van der Waals surface area contributed by atoms with Crippen LogP contribution in [0.1, 0.15) is 53.4 Å². The summed E-state index contributed by atoms with van der Waals surface area (Å²) < 4.78 is 41.4. The molecule has 1 N–H and O–H groups in total. The van der Waals surface area contributed by atoms with Crippen molar-refractivity contribution in [3.8, 4) is 68.4 Å². The first-order valence-corrected chi connectivity index (χ1v) is 25.8. The smallest absolute Gasteiger partial charge is 1.00 e. The molecule has 10 rings (SSSR count). The molecule has 0 fully saturated rings. The summed E-state index contributed by atoms with van der Waals surface area (Å²) in [6.45, 7) is 12.0. The van der Waals surface area contributed by atoms with Crippen molar-refractivity contribution < 1.29 is 178 Å². The molecular weight excluding hydrogens is 1340 g/mol. The Bertz CT molecular complexity index is 3530. The molecule has 0 aliphatic heterocycles. The van der Waals surface area contributed by atoms with Crippen LogP contribution in [0.15, 0.2) is 160 Å². The molecule has 412 valence electrons. The van der Waals surface area contributed by atoms with E-state index in [1.807, 2.05) is 151 Å². The standard InChI is InChI=1S/C27H26N6O2S.C14H12N4OS.C13H15ClN2O.CH3F.CH2O3.2Cs.H/c1-18-5-7-19(8-6-18)23-29-25(35-32-23)27(2,3)17-36-26-31-30-24(20-13-15-28-16-14-20)33(26)21-9-11-22(34-4)12-10-21;1-19-12-4-2-11(3-5-12)18-13(16-17-14(18)20)10-6-8-15-9-7-10;1-9-4-6-10(7-5-9)11-15-12(17-16-11)13(2,3)8-14;1-2;2-1-4-3;;;/h5-16H,17H2,1-4H3;2-9H,1H3,(H,17,20);4-7H,8H2,1-3H3;1H3;1,3H;;;/q;;;;;2*+1;-1/p-1/i;;;1D;;;;. The fraction of sp³-hybridized carbons (Fsp3) is 0.232. The Balaban J connectivity index is 0.000000326. The minimum Gasteiger partial charge on any atom is -1.00 e. The fourth-order valence-electron chi connectivity index (χ4n) is 6.98. The minimum absolute atomic E-state index is 0. The van der Waals surface area contributed by atoms with Crippen LogP contribution in [-0.2, 0) is 20.5 Å². The van der Waals surface area contributed by atoms with E-state index in [1.165, 1.54) is 11.1 Å². The largest absolute Gasteiger partial charge is 1.00 e. The maximum atomic E-state index is 9.96. The van der Waals surface area contributed by atoms with Crippen molar-refractivity contribution in [3.63, 3.8) is 0 Å². The summed E-state index contributed by atoms with van der Waals surface area (Å²) in [5.74, 6) is 6.53. The van der Waals surface area contributed by atoms with Gasteiger partial charge in [0.2, 0.25) is 23.4 Å². The molecule has 0 unspecified atom stereocenters. The number of H-pyrrole nitrogens is 1. The summed E-state index contributed by atoms with van der Waals surface area (Å²) in [5, 5.41) is 33.6. The molecule has 0 aliphatic rings. The van der Waals surface area contributed by atoms with E-state index in [1.54, 1.807) is 50.8 Å². The second kappa shape index (κ2) is 34.4. The SMILES string of the molecule is COc1ccc(-n2c(-c3ccncc3)n[nH]c2=S)cc1.COc1ccc(-n2c(SCC(C)(C)c3nc(-c4ccc(C)cc4)no3)nnc2-c2ccncc2)cc1.Cc1ccc(-c2noc(C(C)(C)CCl)n2)cc1.O=CO[O-].[2H]CF.[Cs+].[Cs+].[H-]. The van der Waals surface area contributed by atoms with Gasteiger partial charge in [-0.1, -0.05) is 95.6 Å². The number of ether oxygens (including phenoxy) is 2. The monoisotopic (exact) mass is 1400 g/mol. The van der Waals surface area contributed by atoms with Gasteiger partial charge in [0.25, 0.3) is 6.47 Å². The number of pyridine rings is 2. The van der Waals surface area contributed by atoms with Gasteiger partial charge >= 0.3 is 138 Å². The summed E-state index contributed by atoms with van der Waals surface area (Å²) in [6, 6.07) is 39.2. The molecule has 81 heavy (non-hydrogen) atoms. The molecule has 0 saturated carbocycles. The van der Waals surface area contributed by atoms with Gasteiger partial charge in [0.05, 0.1) is 39.3 Å². The second-order valence-electron chi connectivity index (χ2n) is 18.2. The van der Waals surface area contributed by atoms with Crippen LogP contribution in [0.2, 0.25) is 0 Å². The van der Waals surface area contributed by atoms with E-state index in [-0.39, 0.29) is 151 Å². The molecule has 0 atom stereocenters. The molecule has 6 aromatic heterocycles. The number of rotatable bonds is 15. The Morgan fingerprint density at radius 3 is 1.53 bits per heavy atom. The van der Waals surface area contributed by atoms with Crippen molar-refractivity contribution in [2.45, 2.75) is 57.5 Å². The number of benzene rings is 4. The summed E-state index contributed by atoms with van der Waals surface area (Å²) in [6.07, 6.45) is 6.95. The van der Waals surface area contributed by atoms with Gasteiger partial charge in [0.1, 0.15) is 11.5 Å². The Morgan fingerprint density at radius 1 is 0.691 bits per heavy atom. The average Bonchev–Trinajstić information content (AvgIpc) is 4.39.